The van der Waals surface area contributed by atoms with Crippen molar-refractivity contribution in [3.8, 4) is 0 Å². The van der Waals surface area contributed by atoms with Crippen LogP contribution in [-0.2, 0) is 0 Å². The van der Waals surface area contributed by atoms with Crippen LogP contribution in [0.2, 0.25) is 0 Å². The maximum absolute atomic E-state index is 9.92. The van der Waals surface area contributed by atoms with Crippen LogP contribution in [0.25, 0.3) is 0 Å². The molecule has 2 fully saturated rings. The first-order valence-corrected chi connectivity index (χ1v) is 7.37. The van der Waals surface area contributed by atoms with E-state index in [1.807, 2.05) is 25.3 Å². The number of pyridine rings is 1. The molecule has 2 aliphatic rings. The van der Waals surface area contributed by atoms with Crippen LogP contribution in [-0.4, -0.2) is 47.2 Å². The summed E-state index contributed by atoms with van der Waals surface area (Å²) in [5, 5.41) is 9.92. The number of hydrogen-bond acceptors (Lipinski definition) is 4. The lowest BCUT2D eigenvalue weighted by molar-refractivity contribution is 0.199. The number of anilines is 1. The van der Waals surface area contributed by atoms with Crippen molar-refractivity contribution >= 4 is 5.82 Å². The Balaban J connectivity index is 1.85. The first-order valence-electron chi connectivity index (χ1n) is 7.37. The van der Waals surface area contributed by atoms with Gasteiger partial charge in [-0.05, 0) is 38.8 Å². The zero-order valence-corrected chi connectivity index (χ0v) is 11.6. The molecular weight excluding hydrogens is 238 g/mol. The summed E-state index contributed by atoms with van der Waals surface area (Å²) >= 11 is 0. The molecule has 1 unspecified atom stereocenters. The fourth-order valence-corrected chi connectivity index (χ4v) is 3.40. The lowest BCUT2D eigenvalue weighted by Crippen LogP contribution is -2.37. The van der Waals surface area contributed by atoms with Gasteiger partial charge in [0.25, 0.3) is 0 Å². The molecule has 0 aromatic carbocycles. The van der Waals surface area contributed by atoms with Crippen molar-refractivity contribution in [2.24, 2.45) is 0 Å². The van der Waals surface area contributed by atoms with E-state index >= 15 is 0 Å². The lowest BCUT2D eigenvalue weighted by Gasteiger charge is -2.28. The third-order valence-corrected chi connectivity index (χ3v) is 4.37. The van der Waals surface area contributed by atoms with Gasteiger partial charge in [0.2, 0.25) is 0 Å². The van der Waals surface area contributed by atoms with Crippen molar-refractivity contribution in [1.29, 1.82) is 0 Å². The molecule has 2 aliphatic heterocycles. The summed E-state index contributed by atoms with van der Waals surface area (Å²) in [5.74, 6) is 0.978. The van der Waals surface area contributed by atoms with E-state index in [2.05, 4.69) is 14.8 Å². The smallest absolute Gasteiger partial charge is 0.134 e. The topological polar surface area (TPSA) is 39.6 Å². The Kier molecular flexibility index (Phi) is 3.71. The van der Waals surface area contributed by atoms with Crippen LogP contribution >= 0.6 is 0 Å². The fraction of sp³-hybridized carbons (Fsp3) is 0.667. The second-order valence-corrected chi connectivity index (χ2v) is 5.72. The van der Waals surface area contributed by atoms with Crippen molar-refractivity contribution in [2.75, 3.05) is 31.1 Å². The largest absolute Gasteiger partial charge is 0.389 e. The number of hydrogen-bond donors (Lipinski definition) is 1. The van der Waals surface area contributed by atoms with Gasteiger partial charge in [-0.1, -0.05) is 6.07 Å². The van der Waals surface area contributed by atoms with Gasteiger partial charge < -0.3 is 10.0 Å². The molecule has 2 atom stereocenters. The molecule has 3 rings (SSSR count). The zero-order valence-electron chi connectivity index (χ0n) is 11.6. The molecule has 1 aromatic heterocycles. The van der Waals surface area contributed by atoms with Crippen molar-refractivity contribution in [3.05, 3.63) is 23.9 Å². The molecule has 3 heterocycles. The van der Waals surface area contributed by atoms with Crippen LogP contribution in [0.4, 0.5) is 5.82 Å². The molecule has 0 amide bonds. The highest BCUT2D eigenvalue weighted by Crippen LogP contribution is 2.28. The molecule has 104 valence electrons. The minimum Gasteiger partial charge on any atom is -0.389 e. The predicted molar refractivity (Wildman–Crippen MR) is 76.3 cm³/mol. The Hall–Kier alpha value is -1.13. The fourth-order valence-electron chi connectivity index (χ4n) is 3.40. The van der Waals surface area contributed by atoms with E-state index in [1.165, 1.54) is 32.4 Å². The molecule has 0 spiro atoms. The highest BCUT2D eigenvalue weighted by molar-refractivity contribution is 5.48. The molecule has 0 aliphatic carbocycles. The number of rotatable bonds is 2. The van der Waals surface area contributed by atoms with Gasteiger partial charge in [0.05, 0.1) is 6.10 Å². The average molecular weight is 261 g/mol. The number of aliphatic hydroxyl groups is 1. The molecular formula is C15H23N3O. The Morgan fingerprint density at radius 1 is 1.32 bits per heavy atom. The molecule has 1 aromatic rings. The van der Waals surface area contributed by atoms with Gasteiger partial charge in [0.15, 0.2) is 0 Å². The van der Waals surface area contributed by atoms with E-state index in [1.54, 1.807) is 0 Å². The second kappa shape index (κ2) is 5.47. The quantitative estimate of drug-likeness (QED) is 0.881. The Bertz CT molecular complexity index is 435. The van der Waals surface area contributed by atoms with Crippen molar-refractivity contribution in [1.82, 2.24) is 9.88 Å². The number of aromatic nitrogens is 1. The average Bonchev–Trinajstić information content (AvgIpc) is 2.76. The van der Waals surface area contributed by atoms with Gasteiger partial charge in [0, 0.05) is 37.4 Å². The van der Waals surface area contributed by atoms with Crippen LogP contribution in [0.15, 0.2) is 18.3 Å². The van der Waals surface area contributed by atoms with Crippen LogP contribution < -0.4 is 4.90 Å². The highest BCUT2D eigenvalue weighted by atomic mass is 16.3. The van der Waals surface area contributed by atoms with E-state index in [0.717, 1.165) is 24.5 Å². The summed E-state index contributed by atoms with van der Waals surface area (Å²) in [5.41, 5.74) is 0.953. The molecule has 0 saturated carbocycles. The van der Waals surface area contributed by atoms with Gasteiger partial charge in [-0.15, -0.1) is 0 Å². The molecule has 4 nitrogen and oxygen atoms in total. The standard InChI is InChI=1S/C15H23N3O/c1-12(19)14-6-2-7-16-15(14)18-10-4-9-17-8-3-5-13(17)11-18/h2,6-7,12-13,19H,3-5,8-11H2,1H3/t12-,13?/m1/s1. The number of nitrogens with zero attached hydrogens (tertiary/aromatic N) is 3. The van der Waals surface area contributed by atoms with E-state index in [-0.39, 0.29) is 0 Å². The summed E-state index contributed by atoms with van der Waals surface area (Å²) in [6.45, 7) is 6.38. The summed E-state index contributed by atoms with van der Waals surface area (Å²) < 4.78 is 0. The van der Waals surface area contributed by atoms with Gasteiger partial charge >= 0.3 is 0 Å². The summed E-state index contributed by atoms with van der Waals surface area (Å²) in [7, 11) is 0. The van der Waals surface area contributed by atoms with E-state index < -0.39 is 6.10 Å². The number of fused-ring (bicyclic) bond motifs is 1. The van der Waals surface area contributed by atoms with Crippen LogP contribution in [0, 0.1) is 0 Å². The van der Waals surface area contributed by atoms with Gasteiger partial charge in [0.1, 0.15) is 5.82 Å². The Labute approximate surface area is 115 Å². The highest BCUT2D eigenvalue weighted by Gasteiger charge is 2.30. The summed E-state index contributed by atoms with van der Waals surface area (Å²) in [6, 6.07) is 4.57. The van der Waals surface area contributed by atoms with Crippen molar-refractivity contribution < 1.29 is 5.11 Å². The number of aliphatic hydroxyl groups excluding tert-OH is 1. The maximum Gasteiger partial charge on any atom is 0.134 e. The SMILES string of the molecule is C[C@@H](O)c1cccnc1N1CCCN2CCCC2C1. The summed E-state index contributed by atoms with van der Waals surface area (Å²) in [4.78, 5) is 9.52. The van der Waals surface area contributed by atoms with Crippen LogP contribution in [0.3, 0.4) is 0 Å². The normalized spacial score (nSPS) is 26.0. The van der Waals surface area contributed by atoms with Crippen molar-refractivity contribution in [2.45, 2.75) is 38.3 Å². The molecule has 0 bridgehead atoms. The minimum atomic E-state index is -0.452. The van der Waals surface area contributed by atoms with E-state index in [9.17, 15) is 5.11 Å². The molecule has 1 N–H and O–H groups in total. The van der Waals surface area contributed by atoms with Crippen LogP contribution in [0.5, 0.6) is 0 Å². The van der Waals surface area contributed by atoms with Gasteiger partial charge in [-0.3, -0.25) is 4.90 Å². The lowest BCUT2D eigenvalue weighted by atomic mass is 10.1. The first-order chi connectivity index (χ1) is 9.25. The van der Waals surface area contributed by atoms with Crippen LogP contribution in [0.1, 0.15) is 37.9 Å². The van der Waals surface area contributed by atoms with Gasteiger partial charge in [-0.25, -0.2) is 4.98 Å². The van der Waals surface area contributed by atoms with Gasteiger partial charge in [-0.2, -0.15) is 0 Å². The monoisotopic (exact) mass is 261 g/mol. The van der Waals surface area contributed by atoms with E-state index in [4.69, 9.17) is 0 Å². The third kappa shape index (κ3) is 2.60. The Morgan fingerprint density at radius 2 is 2.16 bits per heavy atom. The third-order valence-electron chi connectivity index (χ3n) is 4.37. The van der Waals surface area contributed by atoms with E-state index in [0.29, 0.717) is 6.04 Å². The molecule has 0 radical (unpaired) electrons. The molecule has 2 saturated heterocycles. The summed E-state index contributed by atoms with van der Waals surface area (Å²) in [6.07, 6.45) is 5.19. The molecule has 4 heteroatoms. The molecule has 19 heavy (non-hydrogen) atoms. The predicted octanol–water partition coefficient (Wildman–Crippen LogP) is 1.81. The minimum absolute atomic E-state index is 0.452. The zero-order chi connectivity index (χ0) is 13.2. The second-order valence-electron chi connectivity index (χ2n) is 5.72. The maximum atomic E-state index is 9.92. The Morgan fingerprint density at radius 3 is 3.00 bits per heavy atom. The first kappa shape index (κ1) is 12.9. The van der Waals surface area contributed by atoms with Crippen molar-refractivity contribution in [3.63, 3.8) is 0 Å².